The minimum Gasteiger partial charge on any atom is -0.445 e. The van der Waals surface area contributed by atoms with Crippen LogP contribution < -0.4 is 42.5 Å². The lowest BCUT2D eigenvalue weighted by Gasteiger charge is -2.19. The van der Waals surface area contributed by atoms with Crippen LogP contribution in [0.15, 0.2) is 103 Å². The van der Waals surface area contributed by atoms with Crippen LogP contribution in [0.2, 0.25) is 0 Å². The Labute approximate surface area is 417 Å². The number of benzene rings is 4. The minimum absolute atomic E-state index is 0.208. The number of aromatic nitrogens is 6. The van der Waals surface area contributed by atoms with Crippen LogP contribution >= 0.6 is 0 Å². The highest BCUT2D eigenvalue weighted by atomic mass is 16.6. The van der Waals surface area contributed by atoms with Crippen LogP contribution in [0.25, 0.3) is 0 Å². The van der Waals surface area contributed by atoms with E-state index in [0.717, 1.165) is 90.6 Å². The summed E-state index contributed by atoms with van der Waals surface area (Å²) >= 11 is 0. The quantitative estimate of drug-likeness (QED) is 0.0214. The zero-order valence-corrected chi connectivity index (χ0v) is 41.7. The first-order chi connectivity index (χ1) is 34.5. The van der Waals surface area contributed by atoms with Gasteiger partial charge >= 0.3 is 12.2 Å². The highest BCUT2D eigenvalue weighted by Gasteiger charge is 2.16. The Kier molecular flexibility index (Phi) is 20.8. The van der Waals surface area contributed by atoms with Gasteiger partial charge in [-0.3, -0.25) is 0 Å². The zero-order chi connectivity index (χ0) is 50.1. The van der Waals surface area contributed by atoms with Gasteiger partial charge in [0.15, 0.2) is 0 Å². The smallest absolute Gasteiger partial charge is 0.407 e. The first kappa shape index (κ1) is 52.6. The van der Waals surface area contributed by atoms with Gasteiger partial charge in [0, 0.05) is 52.4 Å². The molecule has 2 heterocycles. The van der Waals surface area contributed by atoms with Crippen molar-refractivity contribution in [3.05, 3.63) is 142 Å². The predicted octanol–water partition coefficient (Wildman–Crippen LogP) is 10.2. The molecular formula is C53H70N14O4. The number of unbranched alkanes of at least 4 members (excludes halogenated alkanes) is 4. The number of rotatable bonds is 28. The van der Waals surface area contributed by atoms with Gasteiger partial charge in [-0.05, 0) is 72.6 Å². The number of nitrogens with one attached hydrogen (secondary N) is 8. The van der Waals surface area contributed by atoms with Crippen molar-refractivity contribution in [2.24, 2.45) is 0 Å². The monoisotopic (exact) mass is 967 g/mol. The first-order valence-corrected chi connectivity index (χ1v) is 24.6. The normalized spacial score (nSPS) is 11.0. The second-order valence-corrected chi connectivity index (χ2v) is 18.0. The molecule has 6 aromatic rings. The Bertz CT molecular complexity index is 2580. The molecule has 0 saturated carbocycles. The molecule has 0 radical (unpaired) electrons. The van der Waals surface area contributed by atoms with Gasteiger partial charge in [-0.15, -0.1) is 0 Å². The van der Waals surface area contributed by atoms with Gasteiger partial charge in [0.2, 0.25) is 35.7 Å². The number of hydrogen-bond donors (Lipinski definition) is 8. The third-order valence-electron chi connectivity index (χ3n) is 10.7. The molecule has 6 rings (SSSR count). The number of ether oxygens (including phenoxy) is 2. The SMILES string of the molecule is CCCCCNc1nc(NCc2cccc(CNC(=O)OCc3ccccc3)c2)nc(NCc2cccc(CNc3nc(NCCCCC)nc(NCc4cccc(CNC(=O)OC(C)(C)C)c4)n3)c2)n1. The van der Waals surface area contributed by atoms with E-state index in [9.17, 15) is 9.59 Å². The Hall–Kier alpha value is -7.76. The van der Waals surface area contributed by atoms with Gasteiger partial charge in [0.25, 0.3) is 0 Å². The van der Waals surface area contributed by atoms with E-state index in [0.29, 0.717) is 75.0 Å². The lowest BCUT2D eigenvalue weighted by molar-refractivity contribution is 0.0523. The fourth-order valence-electron chi connectivity index (χ4n) is 7.09. The maximum atomic E-state index is 12.4. The van der Waals surface area contributed by atoms with Gasteiger partial charge in [-0.2, -0.15) is 29.9 Å². The second-order valence-electron chi connectivity index (χ2n) is 18.0. The summed E-state index contributed by atoms with van der Waals surface area (Å²) in [4.78, 5) is 52.8. The predicted molar refractivity (Wildman–Crippen MR) is 281 cm³/mol. The molecule has 0 aliphatic heterocycles. The summed E-state index contributed by atoms with van der Waals surface area (Å²) in [5.74, 6) is 2.70. The number of alkyl carbamates (subject to hydrolysis) is 2. The minimum atomic E-state index is -0.570. The largest absolute Gasteiger partial charge is 0.445 e. The maximum absolute atomic E-state index is 12.4. The van der Waals surface area contributed by atoms with Crippen molar-refractivity contribution in [1.82, 2.24) is 40.5 Å². The molecule has 376 valence electrons. The molecule has 71 heavy (non-hydrogen) atoms. The Morgan fingerprint density at radius 1 is 0.423 bits per heavy atom. The standard InChI is InChI=1S/C53H70N14O4/c1-6-8-13-26-54-45-62-47(66-49(64-45)58-33-41-22-16-24-43(29-41)35-60-51(68)70-37-38-18-11-10-12-19-38)56-31-39-20-15-21-40(28-39)32-57-48-63-46(55-27-14-9-7-2)65-50(67-48)59-34-42-23-17-25-44(30-42)36-61-52(69)71-53(3,4)5/h10-12,15-25,28-30H,6-9,13-14,26-27,31-37H2,1-5H3,(H,60,68)(H,61,69)(H3,54,56,58,62,64,66)(H3,55,57,59,63,65,67). The molecule has 0 spiro atoms. The van der Waals surface area contributed by atoms with Crippen molar-refractivity contribution in [1.29, 1.82) is 0 Å². The van der Waals surface area contributed by atoms with Gasteiger partial charge < -0.3 is 52.0 Å². The van der Waals surface area contributed by atoms with Crippen LogP contribution in [0.1, 0.15) is 112 Å². The van der Waals surface area contributed by atoms with E-state index in [2.05, 4.69) is 84.5 Å². The molecule has 4 aromatic carbocycles. The number of carbonyl (C=O) groups excluding carboxylic acids is 2. The zero-order valence-electron chi connectivity index (χ0n) is 41.7. The van der Waals surface area contributed by atoms with Crippen molar-refractivity contribution in [2.75, 3.05) is 45.0 Å². The molecule has 0 aliphatic rings. The molecule has 18 nitrogen and oxygen atoms in total. The number of carbonyl (C=O) groups is 2. The highest BCUT2D eigenvalue weighted by Crippen LogP contribution is 2.17. The van der Waals surface area contributed by atoms with Crippen LogP contribution in [0, 0.1) is 0 Å². The molecule has 2 aromatic heterocycles. The third-order valence-corrected chi connectivity index (χ3v) is 10.7. The van der Waals surface area contributed by atoms with Gasteiger partial charge in [0.05, 0.1) is 0 Å². The number of amides is 2. The molecule has 0 bridgehead atoms. The Morgan fingerprint density at radius 2 is 0.761 bits per heavy atom. The number of nitrogens with zero attached hydrogens (tertiary/aromatic N) is 6. The first-order valence-electron chi connectivity index (χ1n) is 24.6. The van der Waals surface area contributed by atoms with Crippen molar-refractivity contribution in [3.8, 4) is 0 Å². The van der Waals surface area contributed by atoms with E-state index in [1.807, 2.05) is 106 Å². The highest BCUT2D eigenvalue weighted by molar-refractivity contribution is 5.68. The summed E-state index contributed by atoms with van der Waals surface area (Å²) in [5, 5.41) is 25.9. The number of hydrogen-bond acceptors (Lipinski definition) is 16. The second kappa shape index (κ2) is 28.0. The summed E-state index contributed by atoms with van der Waals surface area (Å²) < 4.78 is 10.8. The lowest BCUT2D eigenvalue weighted by Crippen LogP contribution is -2.32. The van der Waals surface area contributed by atoms with E-state index >= 15 is 0 Å². The van der Waals surface area contributed by atoms with Crippen LogP contribution in [0.5, 0.6) is 0 Å². The summed E-state index contributed by atoms with van der Waals surface area (Å²) in [6.45, 7) is 14.1. The summed E-state index contributed by atoms with van der Waals surface area (Å²) in [6, 6.07) is 33.7. The van der Waals surface area contributed by atoms with Crippen LogP contribution in [0.4, 0.5) is 45.3 Å². The maximum Gasteiger partial charge on any atom is 0.407 e. The number of anilines is 6. The average Bonchev–Trinajstić information content (AvgIpc) is 3.37. The Morgan fingerprint density at radius 3 is 1.13 bits per heavy atom. The molecule has 0 unspecified atom stereocenters. The van der Waals surface area contributed by atoms with Crippen molar-refractivity contribution < 1.29 is 19.1 Å². The van der Waals surface area contributed by atoms with Crippen molar-refractivity contribution >= 4 is 47.9 Å². The molecule has 0 aliphatic carbocycles. The topological polar surface area (TPSA) is 226 Å². The van der Waals surface area contributed by atoms with E-state index in [1.54, 1.807) is 0 Å². The lowest BCUT2D eigenvalue weighted by atomic mass is 10.1. The van der Waals surface area contributed by atoms with Crippen molar-refractivity contribution in [3.63, 3.8) is 0 Å². The van der Waals surface area contributed by atoms with Crippen molar-refractivity contribution in [2.45, 2.75) is 125 Å². The fourth-order valence-corrected chi connectivity index (χ4v) is 7.09. The van der Waals surface area contributed by atoms with Crippen LogP contribution in [-0.2, 0) is 55.3 Å². The third kappa shape index (κ3) is 20.0. The molecule has 18 heteroatoms. The molecule has 8 N–H and O–H groups in total. The van der Waals surface area contributed by atoms with Crippen LogP contribution in [0.3, 0.4) is 0 Å². The molecular weight excluding hydrogens is 897 g/mol. The average molecular weight is 967 g/mol. The molecule has 2 amide bonds. The van der Waals surface area contributed by atoms with Gasteiger partial charge in [-0.25, -0.2) is 9.59 Å². The van der Waals surface area contributed by atoms with E-state index in [-0.39, 0.29) is 6.61 Å². The van der Waals surface area contributed by atoms with E-state index < -0.39 is 17.8 Å². The van der Waals surface area contributed by atoms with E-state index in [1.165, 1.54) is 0 Å². The molecule has 0 atom stereocenters. The summed E-state index contributed by atoms with van der Waals surface area (Å²) in [6.07, 6.45) is 5.50. The van der Waals surface area contributed by atoms with E-state index in [4.69, 9.17) is 29.4 Å². The summed E-state index contributed by atoms with van der Waals surface area (Å²) in [7, 11) is 0. The summed E-state index contributed by atoms with van der Waals surface area (Å²) in [5.41, 5.74) is 6.30. The van der Waals surface area contributed by atoms with Gasteiger partial charge in [0.1, 0.15) is 12.2 Å². The van der Waals surface area contributed by atoms with Gasteiger partial charge in [-0.1, -0.05) is 143 Å². The van der Waals surface area contributed by atoms with Crippen LogP contribution in [-0.4, -0.2) is 60.8 Å². The fraction of sp³-hybridized carbons (Fsp3) is 0.396. The Balaban J connectivity index is 1.05. The molecule has 0 saturated heterocycles. The molecule has 0 fully saturated rings.